The minimum absolute atomic E-state index is 0.440. The minimum atomic E-state index is 0.440. The van der Waals surface area contributed by atoms with Gasteiger partial charge in [0.15, 0.2) is 0 Å². The summed E-state index contributed by atoms with van der Waals surface area (Å²) in [5, 5.41) is 0. The predicted molar refractivity (Wildman–Crippen MR) is 63.1 cm³/mol. The van der Waals surface area contributed by atoms with Crippen LogP contribution in [-0.2, 0) is 0 Å². The quantitative estimate of drug-likeness (QED) is 0.737. The van der Waals surface area contributed by atoms with Crippen molar-refractivity contribution in [3.8, 4) is 0 Å². The summed E-state index contributed by atoms with van der Waals surface area (Å²) in [6.45, 7) is 9.32. The van der Waals surface area contributed by atoms with E-state index < -0.39 is 0 Å². The Morgan fingerprint density at radius 2 is 1.86 bits per heavy atom. The summed E-state index contributed by atoms with van der Waals surface area (Å²) < 4.78 is 0. The number of nitrogens with two attached hydrogens (primary N) is 1. The van der Waals surface area contributed by atoms with E-state index in [1.54, 1.807) is 0 Å². The smallest absolute Gasteiger partial charge is 0.00930 e. The summed E-state index contributed by atoms with van der Waals surface area (Å²) >= 11 is 0. The Morgan fingerprint density at radius 1 is 1.21 bits per heavy atom. The lowest BCUT2D eigenvalue weighted by Gasteiger charge is -2.37. The molecule has 0 radical (unpaired) electrons. The van der Waals surface area contributed by atoms with Crippen molar-refractivity contribution in [2.24, 2.45) is 29.4 Å². The minimum Gasteiger partial charge on any atom is -0.327 e. The molecule has 1 fully saturated rings. The molecule has 0 aromatic rings. The zero-order valence-electron chi connectivity index (χ0n) is 10.3. The Hall–Kier alpha value is -0.0400. The SMILES string of the molecule is CCC(C)C(N)C1CCC(C)C(C)C1. The molecule has 1 nitrogen and oxygen atoms in total. The van der Waals surface area contributed by atoms with Crippen LogP contribution in [0.25, 0.3) is 0 Å². The van der Waals surface area contributed by atoms with Gasteiger partial charge in [-0.25, -0.2) is 0 Å². The van der Waals surface area contributed by atoms with Crippen LogP contribution in [0.5, 0.6) is 0 Å². The van der Waals surface area contributed by atoms with Crippen LogP contribution >= 0.6 is 0 Å². The van der Waals surface area contributed by atoms with E-state index in [2.05, 4.69) is 27.7 Å². The highest BCUT2D eigenvalue weighted by Gasteiger charge is 2.30. The van der Waals surface area contributed by atoms with Gasteiger partial charge in [0.25, 0.3) is 0 Å². The molecule has 5 unspecified atom stereocenters. The van der Waals surface area contributed by atoms with Crippen LogP contribution in [0.4, 0.5) is 0 Å². The molecule has 0 aliphatic heterocycles. The standard InChI is InChI=1S/C13H27N/c1-5-9(2)13(14)12-7-6-10(3)11(4)8-12/h9-13H,5-8,14H2,1-4H3. The molecule has 0 spiro atoms. The zero-order valence-corrected chi connectivity index (χ0v) is 10.3. The normalized spacial score (nSPS) is 37.9. The number of hydrogen-bond acceptors (Lipinski definition) is 1. The van der Waals surface area contributed by atoms with Gasteiger partial charge in [-0.15, -0.1) is 0 Å². The third-order valence-electron chi connectivity index (χ3n) is 4.48. The fraction of sp³-hybridized carbons (Fsp3) is 1.00. The van der Waals surface area contributed by atoms with E-state index in [1.165, 1.54) is 25.7 Å². The Morgan fingerprint density at radius 3 is 2.36 bits per heavy atom. The van der Waals surface area contributed by atoms with Crippen LogP contribution in [0.2, 0.25) is 0 Å². The maximum Gasteiger partial charge on any atom is 0.00930 e. The summed E-state index contributed by atoms with van der Waals surface area (Å²) in [4.78, 5) is 0. The van der Waals surface area contributed by atoms with Crippen molar-refractivity contribution in [2.45, 2.75) is 59.4 Å². The molecular weight excluding hydrogens is 170 g/mol. The Kier molecular flexibility index (Phi) is 4.43. The highest BCUT2D eigenvalue weighted by Crippen LogP contribution is 2.36. The second-order valence-corrected chi connectivity index (χ2v) is 5.49. The van der Waals surface area contributed by atoms with E-state index >= 15 is 0 Å². The first-order chi connectivity index (χ1) is 6.56. The first-order valence-corrected chi connectivity index (χ1v) is 6.31. The molecule has 1 heteroatoms. The van der Waals surface area contributed by atoms with Crippen LogP contribution in [0.3, 0.4) is 0 Å². The average Bonchev–Trinajstić information content (AvgIpc) is 2.20. The molecule has 0 heterocycles. The van der Waals surface area contributed by atoms with Gasteiger partial charge in [-0.3, -0.25) is 0 Å². The first kappa shape index (κ1) is 12.0. The molecule has 0 saturated heterocycles. The molecule has 1 saturated carbocycles. The van der Waals surface area contributed by atoms with Crippen LogP contribution in [-0.4, -0.2) is 6.04 Å². The van der Waals surface area contributed by atoms with Gasteiger partial charge in [0.05, 0.1) is 0 Å². The third-order valence-corrected chi connectivity index (χ3v) is 4.48. The second-order valence-electron chi connectivity index (χ2n) is 5.49. The van der Waals surface area contributed by atoms with Crippen molar-refractivity contribution in [3.05, 3.63) is 0 Å². The monoisotopic (exact) mass is 197 g/mol. The summed E-state index contributed by atoms with van der Waals surface area (Å²) in [6, 6.07) is 0.440. The van der Waals surface area contributed by atoms with Crippen LogP contribution < -0.4 is 5.73 Å². The predicted octanol–water partition coefficient (Wildman–Crippen LogP) is 3.43. The Bertz CT molecular complexity index is 167. The van der Waals surface area contributed by atoms with Gasteiger partial charge in [-0.1, -0.05) is 40.5 Å². The second kappa shape index (κ2) is 5.16. The van der Waals surface area contributed by atoms with E-state index in [9.17, 15) is 0 Å². The Balaban J connectivity index is 2.45. The van der Waals surface area contributed by atoms with Gasteiger partial charge < -0.3 is 5.73 Å². The third kappa shape index (κ3) is 2.73. The summed E-state index contributed by atoms with van der Waals surface area (Å²) in [5.74, 6) is 3.27. The van der Waals surface area contributed by atoms with Crippen LogP contribution in [0, 0.1) is 23.7 Å². The lowest BCUT2D eigenvalue weighted by Crippen LogP contribution is -2.39. The molecule has 1 aliphatic rings. The topological polar surface area (TPSA) is 26.0 Å². The molecule has 84 valence electrons. The van der Waals surface area contributed by atoms with Crippen molar-refractivity contribution in [3.63, 3.8) is 0 Å². The number of hydrogen-bond donors (Lipinski definition) is 1. The average molecular weight is 197 g/mol. The summed E-state index contributed by atoms with van der Waals surface area (Å²) in [7, 11) is 0. The van der Waals surface area contributed by atoms with Crippen molar-refractivity contribution in [1.29, 1.82) is 0 Å². The molecule has 0 aromatic heterocycles. The molecule has 1 rings (SSSR count). The molecule has 2 N–H and O–H groups in total. The molecule has 5 atom stereocenters. The first-order valence-electron chi connectivity index (χ1n) is 6.31. The van der Waals surface area contributed by atoms with Gasteiger partial charge in [0, 0.05) is 6.04 Å². The molecule has 0 aromatic carbocycles. The van der Waals surface area contributed by atoms with Gasteiger partial charge in [-0.2, -0.15) is 0 Å². The van der Waals surface area contributed by atoms with E-state index in [0.29, 0.717) is 12.0 Å². The van der Waals surface area contributed by atoms with Crippen molar-refractivity contribution in [2.75, 3.05) is 0 Å². The molecule has 0 bridgehead atoms. The van der Waals surface area contributed by atoms with Crippen molar-refractivity contribution in [1.82, 2.24) is 0 Å². The lowest BCUT2D eigenvalue weighted by molar-refractivity contribution is 0.163. The highest BCUT2D eigenvalue weighted by molar-refractivity contribution is 4.84. The molecular formula is C13H27N. The van der Waals surface area contributed by atoms with E-state index in [0.717, 1.165) is 17.8 Å². The summed E-state index contributed by atoms with van der Waals surface area (Å²) in [6.07, 6.45) is 5.32. The van der Waals surface area contributed by atoms with E-state index in [1.807, 2.05) is 0 Å². The lowest BCUT2D eigenvalue weighted by atomic mass is 9.71. The van der Waals surface area contributed by atoms with E-state index in [4.69, 9.17) is 5.73 Å². The van der Waals surface area contributed by atoms with Crippen molar-refractivity contribution >= 4 is 0 Å². The van der Waals surface area contributed by atoms with E-state index in [-0.39, 0.29) is 0 Å². The molecule has 0 amide bonds. The van der Waals surface area contributed by atoms with Crippen LogP contribution in [0.1, 0.15) is 53.4 Å². The van der Waals surface area contributed by atoms with Gasteiger partial charge in [-0.05, 0) is 36.5 Å². The van der Waals surface area contributed by atoms with Crippen molar-refractivity contribution < 1.29 is 0 Å². The zero-order chi connectivity index (χ0) is 10.7. The fourth-order valence-corrected chi connectivity index (χ4v) is 2.68. The maximum atomic E-state index is 6.31. The van der Waals surface area contributed by atoms with Gasteiger partial charge >= 0.3 is 0 Å². The summed E-state index contributed by atoms with van der Waals surface area (Å²) in [5.41, 5.74) is 6.31. The Labute approximate surface area is 89.5 Å². The van der Waals surface area contributed by atoms with Crippen LogP contribution in [0.15, 0.2) is 0 Å². The molecule has 1 aliphatic carbocycles. The number of rotatable bonds is 3. The maximum absolute atomic E-state index is 6.31. The van der Waals surface area contributed by atoms with Gasteiger partial charge in [0.2, 0.25) is 0 Å². The highest BCUT2D eigenvalue weighted by atomic mass is 14.7. The molecule has 14 heavy (non-hydrogen) atoms. The fourth-order valence-electron chi connectivity index (χ4n) is 2.68. The van der Waals surface area contributed by atoms with Gasteiger partial charge in [0.1, 0.15) is 0 Å². The largest absolute Gasteiger partial charge is 0.327 e.